The molecule has 1 saturated heterocycles. The fourth-order valence-electron chi connectivity index (χ4n) is 5.87. The molecule has 2 aliphatic carbocycles. The lowest BCUT2D eigenvalue weighted by Gasteiger charge is -2.40. The number of likely N-dealkylation sites (tertiary alicyclic amines) is 1. The number of primary amides is 1. The van der Waals surface area contributed by atoms with Crippen LogP contribution in [0, 0.1) is 28.6 Å². The summed E-state index contributed by atoms with van der Waals surface area (Å²) in [6, 6.07) is -3.03. The number of piperidine rings is 1. The van der Waals surface area contributed by atoms with E-state index < -0.39 is 46.7 Å². The number of carbonyl (C=O) groups is 5. The van der Waals surface area contributed by atoms with Crippen molar-refractivity contribution in [1.29, 1.82) is 0 Å². The first kappa shape index (κ1) is 29.9. The summed E-state index contributed by atoms with van der Waals surface area (Å²) < 4.78 is 0. The normalized spacial score (nSPS) is 25.9. The highest BCUT2D eigenvalue weighted by atomic mass is 16.2. The number of nitrogens with one attached hydrogen (secondary N) is 2. The van der Waals surface area contributed by atoms with Crippen molar-refractivity contribution in [3.05, 3.63) is 0 Å². The standard InChI is InChI=1S/C28H47N5O5/c1-26(2,3)21(31-25(38)32(9)27(4,5)6)24(37)33-14-16-18(28(16,7)8)19(33)23(36)30-17(20(34)22(29)35)13-15-11-10-12-15/h15-19,21H,10-14H2,1-9H3,(H2,29,35)(H,30,36)(H,31,38)/t16-,17?,18-,19-,21+/m0/s1. The number of hydrogen-bond acceptors (Lipinski definition) is 5. The zero-order valence-corrected chi connectivity index (χ0v) is 24.5. The summed E-state index contributed by atoms with van der Waals surface area (Å²) in [7, 11) is 1.68. The summed E-state index contributed by atoms with van der Waals surface area (Å²) in [5.41, 5.74) is 4.09. The van der Waals surface area contributed by atoms with Gasteiger partial charge in [0.1, 0.15) is 12.1 Å². The number of carbonyl (C=O) groups excluding carboxylic acids is 5. The first-order valence-electron chi connectivity index (χ1n) is 13.8. The number of nitrogens with two attached hydrogens (primary N) is 1. The second-order valence-electron chi connectivity index (χ2n) is 14.2. The molecule has 3 fully saturated rings. The Labute approximate surface area is 226 Å². The molecule has 0 aromatic heterocycles. The fraction of sp³-hybridized carbons (Fsp3) is 0.821. The van der Waals surface area contributed by atoms with Crippen LogP contribution in [0.25, 0.3) is 0 Å². The van der Waals surface area contributed by atoms with E-state index in [9.17, 15) is 24.0 Å². The highest BCUT2D eigenvalue weighted by Gasteiger charge is 2.70. The topological polar surface area (TPSA) is 142 Å². The maximum atomic E-state index is 14.0. The number of hydrogen-bond donors (Lipinski definition) is 3. The van der Waals surface area contributed by atoms with Crippen LogP contribution in [0.3, 0.4) is 0 Å². The van der Waals surface area contributed by atoms with E-state index in [4.69, 9.17) is 5.73 Å². The molecule has 38 heavy (non-hydrogen) atoms. The van der Waals surface area contributed by atoms with E-state index in [1.165, 1.54) is 0 Å². The molecule has 10 nitrogen and oxygen atoms in total. The molecule has 5 atom stereocenters. The number of Topliss-reactive ketones (excluding diaryl/α,β-unsaturated/α-hetero) is 1. The summed E-state index contributed by atoms with van der Waals surface area (Å²) >= 11 is 0. The first-order chi connectivity index (χ1) is 17.3. The molecule has 214 valence electrons. The van der Waals surface area contributed by atoms with E-state index in [1.54, 1.807) is 16.8 Å². The monoisotopic (exact) mass is 533 g/mol. The smallest absolute Gasteiger partial charge is 0.318 e. The van der Waals surface area contributed by atoms with Crippen molar-refractivity contribution in [2.45, 2.75) is 105 Å². The fourth-order valence-corrected chi connectivity index (χ4v) is 5.87. The lowest BCUT2D eigenvalue weighted by atomic mass is 9.80. The van der Waals surface area contributed by atoms with Crippen LogP contribution in [-0.4, -0.2) is 76.6 Å². The molecule has 1 heterocycles. The maximum absolute atomic E-state index is 14.0. The van der Waals surface area contributed by atoms with Gasteiger partial charge in [0, 0.05) is 19.1 Å². The van der Waals surface area contributed by atoms with E-state index in [2.05, 4.69) is 24.5 Å². The largest absolute Gasteiger partial charge is 0.363 e. The molecule has 5 amide bonds. The third-order valence-electron chi connectivity index (χ3n) is 9.12. The van der Waals surface area contributed by atoms with Gasteiger partial charge in [0.2, 0.25) is 17.6 Å². The average molecular weight is 534 g/mol. The molecule has 0 bridgehead atoms. The van der Waals surface area contributed by atoms with Crippen molar-refractivity contribution in [1.82, 2.24) is 20.4 Å². The summed E-state index contributed by atoms with van der Waals surface area (Å²) in [5, 5.41) is 5.71. The molecule has 1 aliphatic heterocycles. The molecule has 3 rings (SSSR count). The Kier molecular flexibility index (Phi) is 7.99. The molecule has 0 spiro atoms. The van der Waals surface area contributed by atoms with Gasteiger partial charge in [-0.1, -0.05) is 53.9 Å². The summed E-state index contributed by atoms with van der Waals surface area (Å²) in [6.07, 6.45) is 3.31. The second kappa shape index (κ2) is 10.2. The molecular weight excluding hydrogens is 486 g/mol. The lowest BCUT2D eigenvalue weighted by molar-refractivity contribution is -0.145. The first-order valence-corrected chi connectivity index (χ1v) is 13.8. The maximum Gasteiger partial charge on any atom is 0.318 e. The van der Waals surface area contributed by atoms with Gasteiger partial charge in [-0.3, -0.25) is 19.2 Å². The predicted octanol–water partition coefficient (Wildman–Crippen LogP) is 2.05. The summed E-state index contributed by atoms with van der Waals surface area (Å²) in [5.74, 6) is -2.33. The summed E-state index contributed by atoms with van der Waals surface area (Å²) in [4.78, 5) is 68.3. The molecule has 4 N–H and O–H groups in total. The number of nitrogens with zero attached hydrogens (tertiary/aromatic N) is 2. The Morgan fingerprint density at radius 1 is 1.03 bits per heavy atom. The van der Waals surface area contributed by atoms with Gasteiger partial charge >= 0.3 is 6.03 Å². The highest BCUT2D eigenvalue weighted by Crippen LogP contribution is 2.65. The van der Waals surface area contributed by atoms with E-state index in [-0.39, 0.29) is 35.1 Å². The van der Waals surface area contributed by atoms with E-state index in [0.29, 0.717) is 13.0 Å². The van der Waals surface area contributed by atoms with Crippen LogP contribution in [0.2, 0.25) is 0 Å². The van der Waals surface area contributed by atoms with Crippen LogP contribution in [0.5, 0.6) is 0 Å². The summed E-state index contributed by atoms with van der Waals surface area (Å²) in [6.45, 7) is 15.9. The van der Waals surface area contributed by atoms with Gasteiger partial charge in [-0.25, -0.2) is 4.79 Å². The van der Waals surface area contributed by atoms with Crippen LogP contribution in [-0.2, 0) is 19.2 Å². The minimum Gasteiger partial charge on any atom is -0.363 e. The Balaban J connectivity index is 1.85. The van der Waals surface area contributed by atoms with Crippen molar-refractivity contribution in [3.63, 3.8) is 0 Å². The molecule has 0 radical (unpaired) electrons. The zero-order valence-electron chi connectivity index (χ0n) is 24.5. The number of ketones is 1. The Bertz CT molecular complexity index is 991. The van der Waals surface area contributed by atoms with E-state index in [1.807, 2.05) is 41.5 Å². The van der Waals surface area contributed by atoms with Gasteiger partial charge < -0.3 is 26.2 Å². The molecule has 1 unspecified atom stereocenters. The minimum absolute atomic E-state index is 0.0759. The van der Waals surface area contributed by atoms with E-state index >= 15 is 0 Å². The SMILES string of the molecule is CN(C(=O)N[C@H](C(=O)N1C[C@H]2[C@@H]([C@H]1C(=O)NC(CC1CCC1)C(=O)C(N)=O)C2(C)C)C(C)(C)C)C(C)(C)C. The van der Waals surface area contributed by atoms with Crippen LogP contribution in [0.1, 0.15) is 81.1 Å². The molecular formula is C28H47N5O5. The number of urea groups is 1. The predicted molar refractivity (Wildman–Crippen MR) is 144 cm³/mol. The molecule has 0 aromatic carbocycles. The van der Waals surface area contributed by atoms with Crippen molar-refractivity contribution >= 4 is 29.5 Å². The number of fused-ring (bicyclic) bond motifs is 1. The molecule has 0 aromatic rings. The van der Waals surface area contributed by atoms with Gasteiger partial charge in [-0.05, 0) is 55.8 Å². The Morgan fingerprint density at radius 2 is 1.61 bits per heavy atom. The van der Waals surface area contributed by atoms with Crippen LogP contribution < -0.4 is 16.4 Å². The van der Waals surface area contributed by atoms with Gasteiger partial charge in [-0.2, -0.15) is 0 Å². The molecule has 3 aliphatic rings. The van der Waals surface area contributed by atoms with Gasteiger partial charge in [-0.15, -0.1) is 0 Å². The second-order valence-corrected chi connectivity index (χ2v) is 14.2. The van der Waals surface area contributed by atoms with Gasteiger partial charge in [0.15, 0.2) is 0 Å². The van der Waals surface area contributed by atoms with E-state index in [0.717, 1.165) is 19.3 Å². The molecule has 2 saturated carbocycles. The Hall–Kier alpha value is -2.65. The van der Waals surface area contributed by atoms with Crippen molar-refractivity contribution in [3.8, 4) is 0 Å². The zero-order chi connectivity index (χ0) is 29.0. The van der Waals surface area contributed by atoms with Crippen LogP contribution in [0.4, 0.5) is 4.79 Å². The minimum atomic E-state index is -1.07. The van der Waals surface area contributed by atoms with Crippen LogP contribution >= 0.6 is 0 Å². The van der Waals surface area contributed by atoms with Gasteiger partial charge in [0.05, 0.1) is 6.04 Å². The van der Waals surface area contributed by atoms with Crippen molar-refractivity contribution < 1.29 is 24.0 Å². The third-order valence-corrected chi connectivity index (χ3v) is 9.12. The third kappa shape index (κ3) is 5.83. The van der Waals surface area contributed by atoms with Gasteiger partial charge in [0.25, 0.3) is 5.91 Å². The average Bonchev–Trinajstić information content (AvgIpc) is 3.08. The van der Waals surface area contributed by atoms with Crippen molar-refractivity contribution in [2.75, 3.05) is 13.6 Å². The quantitative estimate of drug-likeness (QED) is 0.410. The lowest BCUT2D eigenvalue weighted by Crippen LogP contribution is -2.62. The van der Waals surface area contributed by atoms with Crippen molar-refractivity contribution in [2.24, 2.45) is 34.3 Å². The van der Waals surface area contributed by atoms with Crippen LogP contribution in [0.15, 0.2) is 0 Å². The number of rotatable bonds is 8. The highest BCUT2D eigenvalue weighted by molar-refractivity contribution is 6.37. The molecule has 10 heteroatoms. The Morgan fingerprint density at radius 3 is 2.05 bits per heavy atom. The number of amides is 5.